The summed E-state index contributed by atoms with van der Waals surface area (Å²) in [4.78, 5) is 41.2. The van der Waals surface area contributed by atoms with Crippen LogP contribution >= 0.6 is 22.9 Å². The van der Waals surface area contributed by atoms with Gasteiger partial charge in [-0.05, 0) is 48.9 Å². The molecule has 1 saturated carbocycles. The summed E-state index contributed by atoms with van der Waals surface area (Å²) in [6.45, 7) is 1.88. The normalized spacial score (nSPS) is 23.5. The summed E-state index contributed by atoms with van der Waals surface area (Å²) in [6.07, 6.45) is 3.62. The third kappa shape index (κ3) is 4.23. The zero-order chi connectivity index (χ0) is 21.3. The van der Waals surface area contributed by atoms with Gasteiger partial charge in [0.2, 0.25) is 11.8 Å². The Labute approximate surface area is 184 Å². The number of piperazine rings is 1. The molecule has 0 spiro atoms. The molecule has 8 heteroatoms. The summed E-state index contributed by atoms with van der Waals surface area (Å²) in [6, 6.07) is 7.90. The number of rotatable bonds is 4. The third-order valence-corrected chi connectivity index (χ3v) is 7.12. The molecule has 2 heterocycles. The number of amides is 3. The van der Waals surface area contributed by atoms with E-state index in [1.165, 1.54) is 11.3 Å². The quantitative estimate of drug-likeness (QED) is 0.746. The number of carbonyl (C=O) groups is 3. The van der Waals surface area contributed by atoms with Crippen LogP contribution < -0.4 is 10.6 Å². The second kappa shape index (κ2) is 8.78. The van der Waals surface area contributed by atoms with E-state index in [4.69, 9.17) is 11.6 Å². The smallest absolute Gasteiger partial charge is 0.264 e. The van der Waals surface area contributed by atoms with Gasteiger partial charge < -0.3 is 15.5 Å². The fourth-order valence-electron chi connectivity index (χ4n) is 4.32. The molecule has 2 N–H and O–H groups in total. The van der Waals surface area contributed by atoms with E-state index in [0.29, 0.717) is 15.6 Å². The highest BCUT2D eigenvalue weighted by atomic mass is 35.5. The maximum Gasteiger partial charge on any atom is 0.264 e. The average Bonchev–Trinajstić information content (AvgIpc) is 3.26. The van der Waals surface area contributed by atoms with Gasteiger partial charge in [-0.2, -0.15) is 0 Å². The predicted octanol–water partition coefficient (Wildman–Crippen LogP) is 3.99. The van der Waals surface area contributed by atoms with E-state index in [1.54, 1.807) is 23.1 Å². The molecule has 2 aromatic rings. The third-order valence-electron chi connectivity index (χ3n) is 5.85. The number of benzene rings is 1. The largest absolute Gasteiger partial charge is 0.349 e. The molecule has 6 nitrogen and oxygen atoms in total. The molecule has 2 aliphatic rings. The van der Waals surface area contributed by atoms with E-state index in [2.05, 4.69) is 10.6 Å². The van der Waals surface area contributed by atoms with Gasteiger partial charge in [0.15, 0.2) is 0 Å². The van der Waals surface area contributed by atoms with Gasteiger partial charge >= 0.3 is 0 Å². The molecule has 2 fully saturated rings. The number of fused-ring (bicyclic) bond motifs is 1. The van der Waals surface area contributed by atoms with E-state index in [-0.39, 0.29) is 36.2 Å². The van der Waals surface area contributed by atoms with Gasteiger partial charge in [0.05, 0.1) is 17.3 Å². The topological polar surface area (TPSA) is 78.5 Å². The molecule has 1 aromatic carbocycles. The molecule has 0 radical (unpaired) electrons. The van der Waals surface area contributed by atoms with Crippen LogP contribution in [0.5, 0.6) is 0 Å². The molecule has 0 bridgehead atoms. The van der Waals surface area contributed by atoms with Crippen molar-refractivity contribution in [2.45, 2.75) is 57.2 Å². The molecule has 1 aliphatic heterocycles. The molecule has 4 rings (SSSR count). The van der Waals surface area contributed by atoms with Gasteiger partial charge in [-0.3, -0.25) is 14.4 Å². The molecule has 3 atom stereocenters. The van der Waals surface area contributed by atoms with Gasteiger partial charge in [0.1, 0.15) is 6.04 Å². The zero-order valence-electron chi connectivity index (χ0n) is 16.7. The molecule has 158 valence electrons. The molecular weight excluding hydrogens is 422 g/mol. The molecule has 1 aromatic heterocycles. The lowest BCUT2D eigenvalue weighted by Crippen LogP contribution is -2.67. The number of nitrogens with zero attached hydrogens (tertiary/aromatic N) is 1. The van der Waals surface area contributed by atoms with Crippen molar-refractivity contribution in [3.05, 3.63) is 51.2 Å². The minimum Gasteiger partial charge on any atom is -0.349 e. The van der Waals surface area contributed by atoms with E-state index in [9.17, 15) is 14.4 Å². The van der Waals surface area contributed by atoms with Gasteiger partial charge in [0, 0.05) is 16.8 Å². The number of anilines is 1. The Balaban J connectivity index is 1.56. The maximum absolute atomic E-state index is 13.3. The number of hydrogen-bond donors (Lipinski definition) is 2. The minimum absolute atomic E-state index is 0.0506. The molecule has 1 aliphatic carbocycles. The monoisotopic (exact) mass is 445 g/mol. The second-order valence-corrected chi connectivity index (χ2v) is 9.24. The number of aryl methyl sites for hydroxylation is 1. The van der Waals surface area contributed by atoms with Gasteiger partial charge in [-0.15, -0.1) is 11.3 Å². The highest BCUT2D eigenvalue weighted by molar-refractivity contribution is 7.12. The van der Waals surface area contributed by atoms with Crippen molar-refractivity contribution in [1.82, 2.24) is 10.2 Å². The van der Waals surface area contributed by atoms with E-state index >= 15 is 0 Å². The number of carbonyl (C=O) groups excluding carboxylic acids is 3. The summed E-state index contributed by atoms with van der Waals surface area (Å²) in [5.41, 5.74) is 1.48. The Morgan fingerprint density at radius 1 is 1.27 bits per heavy atom. The van der Waals surface area contributed by atoms with Crippen LogP contribution in [0.25, 0.3) is 0 Å². The summed E-state index contributed by atoms with van der Waals surface area (Å²) >= 11 is 7.50. The van der Waals surface area contributed by atoms with Crippen molar-refractivity contribution in [1.29, 1.82) is 0 Å². The number of hydrogen-bond acceptors (Lipinski definition) is 4. The van der Waals surface area contributed by atoms with Crippen LogP contribution in [-0.2, 0) is 9.59 Å². The fraction of sp³-hybridized carbons (Fsp3) is 0.409. The van der Waals surface area contributed by atoms with Crippen LogP contribution in [0.4, 0.5) is 5.69 Å². The molecule has 3 amide bonds. The number of halogens is 1. The van der Waals surface area contributed by atoms with Crippen molar-refractivity contribution in [3.63, 3.8) is 0 Å². The summed E-state index contributed by atoms with van der Waals surface area (Å²) < 4.78 is 0. The molecule has 30 heavy (non-hydrogen) atoms. The lowest BCUT2D eigenvalue weighted by molar-refractivity contribution is -0.135. The Morgan fingerprint density at radius 3 is 2.80 bits per heavy atom. The van der Waals surface area contributed by atoms with Crippen LogP contribution in [0.2, 0.25) is 5.02 Å². The van der Waals surface area contributed by atoms with E-state index in [0.717, 1.165) is 31.2 Å². The Hall–Kier alpha value is -2.38. The maximum atomic E-state index is 13.3. The standard InChI is InChI=1S/C22H24ClN3O3S/c1-13-8-9-14(11-15(13)23)24-20(27)12-18-21(28)25-16-5-2-3-6-17(16)26(18)22(29)19-7-4-10-30-19/h4,7-11,16-18H,2-3,5-6,12H2,1H3,(H,24,27)(H,25,28)/t16-,17+,18-/m1/s1. The first-order valence-corrected chi connectivity index (χ1v) is 11.4. The van der Waals surface area contributed by atoms with Crippen LogP contribution in [0.1, 0.15) is 47.3 Å². The lowest BCUT2D eigenvalue weighted by Gasteiger charge is -2.47. The fourth-order valence-corrected chi connectivity index (χ4v) is 5.17. The highest BCUT2D eigenvalue weighted by Gasteiger charge is 2.46. The molecular formula is C22H24ClN3O3S. The van der Waals surface area contributed by atoms with E-state index in [1.807, 2.05) is 24.4 Å². The zero-order valence-corrected chi connectivity index (χ0v) is 18.3. The highest BCUT2D eigenvalue weighted by Crippen LogP contribution is 2.31. The number of nitrogens with one attached hydrogen (secondary N) is 2. The Morgan fingerprint density at radius 2 is 2.07 bits per heavy atom. The summed E-state index contributed by atoms with van der Waals surface area (Å²) in [5.74, 6) is -0.763. The Bertz CT molecular complexity index is 963. The average molecular weight is 446 g/mol. The van der Waals surface area contributed by atoms with Crippen LogP contribution in [0.15, 0.2) is 35.7 Å². The van der Waals surface area contributed by atoms with Crippen LogP contribution in [0, 0.1) is 6.92 Å². The predicted molar refractivity (Wildman–Crippen MR) is 118 cm³/mol. The first-order chi connectivity index (χ1) is 14.4. The molecule has 1 saturated heterocycles. The van der Waals surface area contributed by atoms with Crippen LogP contribution in [0.3, 0.4) is 0 Å². The summed E-state index contributed by atoms with van der Waals surface area (Å²) in [7, 11) is 0. The Kier molecular flexibility index (Phi) is 6.11. The van der Waals surface area contributed by atoms with Crippen molar-refractivity contribution < 1.29 is 14.4 Å². The van der Waals surface area contributed by atoms with E-state index < -0.39 is 6.04 Å². The minimum atomic E-state index is -0.833. The SMILES string of the molecule is Cc1ccc(NC(=O)C[C@@H]2C(=O)N[C@@H]3CCCC[C@@H]3N2C(=O)c2cccs2)cc1Cl. The van der Waals surface area contributed by atoms with Crippen molar-refractivity contribution in [2.75, 3.05) is 5.32 Å². The molecule has 0 unspecified atom stereocenters. The van der Waals surface area contributed by atoms with Gasteiger partial charge in [-0.25, -0.2) is 0 Å². The number of thiophene rings is 1. The van der Waals surface area contributed by atoms with Gasteiger partial charge in [-0.1, -0.05) is 36.6 Å². The summed E-state index contributed by atoms with van der Waals surface area (Å²) in [5, 5.41) is 8.26. The second-order valence-electron chi connectivity index (χ2n) is 7.89. The van der Waals surface area contributed by atoms with Crippen molar-refractivity contribution in [2.24, 2.45) is 0 Å². The first kappa shape index (κ1) is 20.9. The van der Waals surface area contributed by atoms with Crippen molar-refractivity contribution >= 4 is 46.3 Å². The van der Waals surface area contributed by atoms with Crippen molar-refractivity contribution in [3.8, 4) is 0 Å². The lowest BCUT2D eigenvalue weighted by atomic mass is 9.85. The van der Waals surface area contributed by atoms with Gasteiger partial charge in [0.25, 0.3) is 5.91 Å². The first-order valence-electron chi connectivity index (χ1n) is 10.2. The van der Waals surface area contributed by atoms with Crippen LogP contribution in [-0.4, -0.2) is 40.7 Å².